The molecule has 21 heavy (non-hydrogen) atoms. The lowest BCUT2D eigenvalue weighted by molar-refractivity contribution is -0.0763. The quantitative estimate of drug-likeness (QED) is 0.613. The van der Waals surface area contributed by atoms with Crippen molar-refractivity contribution in [3.8, 4) is 11.6 Å². The SMILES string of the molecule is O=C(O[C@H](CO)Oc1nc(Cl)cc(Br)c1O)N1CCCC1. The number of pyridine rings is 1. The Morgan fingerprint density at radius 2 is 2.19 bits per heavy atom. The molecule has 9 heteroatoms. The molecule has 1 aromatic heterocycles. The van der Waals surface area contributed by atoms with Crippen molar-refractivity contribution < 1.29 is 24.5 Å². The van der Waals surface area contributed by atoms with Crippen molar-refractivity contribution in [3.63, 3.8) is 0 Å². The monoisotopic (exact) mass is 380 g/mol. The molecule has 1 saturated heterocycles. The summed E-state index contributed by atoms with van der Waals surface area (Å²) >= 11 is 8.83. The van der Waals surface area contributed by atoms with Crippen LogP contribution in [0.4, 0.5) is 4.79 Å². The number of likely N-dealkylation sites (tertiary alicyclic amines) is 1. The van der Waals surface area contributed by atoms with Crippen LogP contribution in [0, 0.1) is 0 Å². The molecule has 0 unspecified atom stereocenters. The zero-order chi connectivity index (χ0) is 15.4. The van der Waals surface area contributed by atoms with Gasteiger partial charge >= 0.3 is 6.09 Å². The molecule has 1 fully saturated rings. The third kappa shape index (κ3) is 4.12. The standard InChI is InChI=1S/C12H14BrClN2O5/c13-7-5-8(14)15-11(10(7)18)20-9(6-17)21-12(19)16-3-1-2-4-16/h5,9,17-18H,1-4,6H2/t9-/m1/s1. The molecule has 1 aliphatic rings. The molecule has 0 bridgehead atoms. The second-order valence-corrected chi connectivity index (χ2v) is 5.63. The number of nitrogens with zero attached hydrogens (tertiary/aromatic N) is 2. The van der Waals surface area contributed by atoms with Crippen LogP contribution < -0.4 is 4.74 Å². The van der Waals surface area contributed by atoms with E-state index in [1.54, 1.807) is 0 Å². The van der Waals surface area contributed by atoms with E-state index in [1.807, 2.05) is 0 Å². The molecule has 116 valence electrons. The van der Waals surface area contributed by atoms with Gasteiger partial charge in [0.15, 0.2) is 5.75 Å². The molecule has 2 rings (SSSR count). The van der Waals surface area contributed by atoms with E-state index >= 15 is 0 Å². The average molecular weight is 382 g/mol. The van der Waals surface area contributed by atoms with Gasteiger partial charge in [0.25, 0.3) is 12.2 Å². The predicted molar refractivity (Wildman–Crippen MR) is 77.4 cm³/mol. The summed E-state index contributed by atoms with van der Waals surface area (Å²) in [5.74, 6) is -0.530. The van der Waals surface area contributed by atoms with Crippen molar-refractivity contribution in [1.82, 2.24) is 9.88 Å². The largest absolute Gasteiger partial charge is 0.502 e. The van der Waals surface area contributed by atoms with Gasteiger partial charge in [-0.2, -0.15) is 4.98 Å². The Morgan fingerprint density at radius 1 is 1.52 bits per heavy atom. The summed E-state index contributed by atoms with van der Waals surface area (Å²) < 4.78 is 10.5. The van der Waals surface area contributed by atoms with Gasteiger partial charge in [-0.05, 0) is 34.8 Å². The van der Waals surface area contributed by atoms with Crippen LogP contribution in [0.15, 0.2) is 10.5 Å². The van der Waals surface area contributed by atoms with Crippen LogP contribution in [0.2, 0.25) is 5.15 Å². The Morgan fingerprint density at radius 3 is 2.81 bits per heavy atom. The van der Waals surface area contributed by atoms with E-state index in [-0.39, 0.29) is 21.3 Å². The molecule has 2 N–H and O–H groups in total. The summed E-state index contributed by atoms with van der Waals surface area (Å²) in [7, 11) is 0. The highest BCUT2D eigenvalue weighted by atomic mass is 79.9. The Kier molecular flexibility index (Phi) is 5.49. The van der Waals surface area contributed by atoms with Crippen LogP contribution in [-0.4, -0.2) is 52.2 Å². The number of carbonyl (C=O) groups is 1. The van der Waals surface area contributed by atoms with E-state index < -0.39 is 19.0 Å². The molecule has 2 heterocycles. The fourth-order valence-corrected chi connectivity index (χ4v) is 2.55. The maximum atomic E-state index is 11.8. The third-order valence-corrected chi connectivity index (χ3v) is 3.67. The Labute approximate surface area is 134 Å². The highest BCUT2D eigenvalue weighted by Gasteiger charge is 2.25. The van der Waals surface area contributed by atoms with Gasteiger partial charge < -0.3 is 24.6 Å². The Hall–Kier alpha value is -1.25. The lowest BCUT2D eigenvalue weighted by Gasteiger charge is -2.21. The van der Waals surface area contributed by atoms with Crippen molar-refractivity contribution in [1.29, 1.82) is 0 Å². The van der Waals surface area contributed by atoms with Crippen LogP contribution in [0.3, 0.4) is 0 Å². The second kappa shape index (κ2) is 7.15. The molecular weight excluding hydrogens is 367 g/mol. The van der Waals surface area contributed by atoms with E-state index in [1.165, 1.54) is 11.0 Å². The maximum absolute atomic E-state index is 11.8. The molecule has 7 nitrogen and oxygen atoms in total. The third-order valence-electron chi connectivity index (χ3n) is 2.87. The van der Waals surface area contributed by atoms with Crippen molar-refractivity contribution >= 4 is 33.6 Å². The van der Waals surface area contributed by atoms with Gasteiger partial charge in [0.2, 0.25) is 0 Å². The van der Waals surface area contributed by atoms with Gasteiger partial charge in [0.1, 0.15) is 11.8 Å². The highest BCUT2D eigenvalue weighted by Crippen LogP contribution is 2.34. The zero-order valence-electron chi connectivity index (χ0n) is 11.0. The van der Waals surface area contributed by atoms with Gasteiger partial charge in [-0.3, -0.25) is 0 Å². The number of hydrogen-bond donors (Lipinski definition) is 2. The summed E-state index contributed by atoms with van der Waals surface area (Å²) in [6, 6.07) is 1.38. The van der Waals surface area contributed by atoms with Crippen molar-refractivity contribution in [2.24, 2.45) is 0 Å². The fourth-order valence-electron chi connectivity index (χ4n) is 1.85. The van der Waals surface area contributed by atoms with Crippen LogP contribution >= 0.6 is 27.5 Å². The number of hydrogen-bond acceptors (Lipinski definition) is 6. The van der Waals surface area contributed by atoms with Crippen molar-refractivity contribution in [2.75, 3.05) is 19.7 Å². The minimum atomic E-state index is -1.28. The summed E-state index contributed by atoms with van der Waals surface area (Å²) in [5.41, 5.74) is 0. The Bertz CT molecular complexity index is 525. The molecule has 0 radical (unpaired) electrons. The van der Waals surface area contributed by atoms with E-state index in [0.717, 1.165) is 12.8 Å². The minimum absolute atomic E-state index is 0.0808. The highest BCUT2D eigenvalue weighted by molar-refractivity contribution is 9.10. The summed E-state index contributed by atoms with van der Waals surface area (Å²) in [6.07, 6.45) is -0.0128. The molecule has 0 aromatic carbocycles. The normalized spacial score (nSPS) is 15.9. The first-order valence-electron chi connectivity index (χ1n) is 6.29. The number of aromatic hydroxyl groups is 1. The van der Waals surface area contributed by atoms with Gasteiger partial charge in [-0.25, -0.2) is 4.79 Å². The van der Waals surface area contributed by atoms with Crippen LogP contribution in [0.5, 0.6) is 11.6 Å². The number of carbonyl (C=O) groups excluding carboxylic acids is 1. The first-order chi connectivity index (χ1) is 10.0. The molecule has 0 spiro atoms. The average Bonchev–Trinajstić information content (AvgIpc) is 2.97. The molecule has 1 amide bonds. The van der Waals surface area contributed by atoms with Crippen molar-refractivity contribution in [3.05, 3.63) is 15.7 Å². The van der Waals surface area contributed by atoms with Gasteiger partial charge in [-0.1, -0.05) is 11.6 Å². The number of halogens is 2. The molecule has 1 aliphatic heterocycles. The summed E-state index contributed by atoms with van der Waals surface area (Å²) in [4.78, 5) is 17.1. The molecular formula is C12H14BrClN2O5. The molecule has 0 saturated carbocycles. The van der Waals surface area contributed by atoms with E-state index in [4.69, 9.17) is 21.1 Å². The summed E-state index contributed by atoms with van der Waals surface area (Å²) in [6.45, 7) is 0.650. The number of rotatable bonds is 4. The van der Waals surface area contributed by atoms with Crippen LogP contribution in [0.1, 0.15) is 12.8 Å². The summed E-state index contributed by atoms with van der Waals surface area (Å²) in [5, 5.41) is 19.1. The van der Waals surface area contributed by atoms with Gasteiger partial charge in [0.05, 0.1) is 4.47 Å². The molecule has 1 aromatic rings. The second-order valence-electron chi connectivity index (χ2n) is 4.39. The number of aliphatic hydroxyl groups excluding tert-OH is 1. The number of amides is 1. The maximum Gasteiger partial charge on any atom is 0.412 e. The van der Waals surface area contributed by atoms with Gasteiger partial charge in [-0.15, -0.1) is 0 Å². The fraction of sp³-hybridized carbons (Fsp3) is 0.500. The van der Waals surface area contributed by atoms with Crippen LogP contribution in [-0.2, 0) is 4.74 Å². The zero-order valence-corrected chi connectivity index (χ0v) is 13.3. The Balaban J connectivity index is 2.03. The van der Waals surface area contributed by atoms with E-state index in [9.17, 15) is 15.0 Å². The first kappa shape index (κ1) is 16.1. The number of aliphatic hydroxyl groups is 1. The topological polar surface area (TPSA) is 92.1 Å². The van der Waals surface area contributed by atoms with E-state index in [0.29, 0.717) is 13.1 Å². The van der Waals surface area contributed by atoms with Crippen molar-refractivity contribution in [2.45, 2.75) is 19.1 Å². The number of aromatic nitrogens is 1. The molecule has 0 aliphatic carbocycles. The van der Waals surface area contributed by atoms with E-state index in [2.05, 4.69) is 20.9 Å². The lowest BCUT2D eigenvalue weighted by Crippen LogP contribution is -2.36. The van der Waals surface area contributed by atoms with Crippen LogP contribution in [0.25, 0.3) is 0 Å². The smallest absolute Gasteiger partial charge is 0.412 e. The first-order valence-corrected chi connectivity index (χ1v) is 7.46. The number of ether oxygens (including phenoxy) is 2. The molecule has 1 atom stereocenters. The predicted octanol–water partition coefficient (Wildman–Crippen LogP) is 2.13. The minimum Gasteiger partial charge on any atom is -0.502 e. The lowest BCUT2D eigenvalue weighted by atomic mass is 10.4. The van der Waals surface area contributed by atoms with Gasteiger partial charge in [0, 0.05) is 13.1 Å².